The molecular weight excluding hydrogens is 240 g/mol. The summed E-state index contributed by atoms with van der Waals surface area (Å²) in [5.74, 6) is -2.58. The van der Waals surface area contributed by atoms with Crippen LogP contribution in [0.2, 0.25) is 0 Å². The topological polar surface area (TPSA) is 109 Å². The summed E-state index contributed by atoms with van der Waals surface area (Å²) in [6.45, 7) is 0.219. The van der Waals surface area contributed by atoms with Crippen LogP contribution in [-0.4, -0.2) is 46.3 Å². The molecule has 1 aliphatic heterocycles. The minimum Gasteiger partial charge on any atom is -0.505 e. The number of aliphatic carboxylic acids is 1. The molecule has 7 nitrogen and oxygen atoms in total. The largest absolute Gasteiger partial charge is 0.505 e. The molecule has 18 heavy (non-hydrogen) atoms. The van der Waals surface area contributed by atoms with Gasteiger partial charge < -0.3 is 20.3 Å². The molecule has 3 N–H and O–H groups in total. The Bertz CT molecular complexity index is 476. The number of pyridine rings is 1. The molecule has 0 aromatic carbocycles. The highest BCUT2D eigenvalue weighted by Gasteiger charge is 2.35. The van der Waals surface area contributed by atoms with Gasteiger partial charge in [0.15, 0.2) is 0 Å². The molecule has 0 aliphatic carbocycles. The zero-order valence-electron chi connectivity index (χ0n) is 9.37. The maximum Gasteiger partial charge on any atom is 0.311 e. The number of carbonyl (C=O) groups is 2. The summed E-state index contributed by atoms with van der Waals surface area (Å²) < 4.78 is 5.03. The summed E-state index contributed by atoms with van der Waals surface area (Å²) in [6, 6.07) is 0.763. The van der Waals surface area contributed by atoms with Gasteiger partial charge in [0.2, 0.25) is 0 Å². The third kappa shape index (κ3) is 2.40. The SMILES string of the molecule is O=C(NC1COCC1C(=O)O)c1ccncc1O. The van der Waals surface area contributed by atoms with E-state index in [1.54, 1.807) is 0 Å². The van der Waals surface area contributed by atoms with Gasteiger partial charge >= 0.3 is 5.97 Å². The predicted octanol–water partition coefficient (Wildman–Crippen LogP) is -0.383. The molecule has 96 valence electrons. The van der Waals surface area contributed by atoms with Crippen molar-refractivity contribution in [2.24, 2.45) is 5.92 Å². The van der Waals surface area contributed by atoms with Gasteiger partial charge in [-0.25, -0.2) is 0 Å². The van der Waals surface area contributed by atoms with E-state index >= 15 is 0 Å². The molecule has 1 aromatic rings. The van der Waals surface area contributed by atoms with E-state index in [-0.39, 0.29) is 24.5 Å². The van der Waals surface area contributed by atoms with Gasteiger partial charge in [-0.3, -0.25) is 14.6 Å². The number of nitrogens with zero attached hydrogens (tertiary/aromatic N) is 1. The molecule has 2 atom stereocenters. The van der Waals surface area contributed by atoms with E-state index in [9.17, 15) is 14.7 Å². The molecule has 2 rings (SSSR count). The third-order valence-corrected chi connectivity index (χ3v) is 2.76. The molecule has 1 saturated heterocycles. The Hall–Kier alpha value is -2.15. The van der Waals surface area contributed by atoms with Crippen LogP contribution in [0.5, 0.6) is 5.75 Å². The van der Waals surface area contributed by atoms with E-state index in [4.69, 9.17) is 9.84 Å². The third-order valence-electron chi connectivity index (χ3n) is 2.76. The van der Waals surface area contributed by atoms with Crippen LogP contribution in [0.1, 0.15) is 10.4 Å². The van der Waals surface area contributed by atoms with Crippen LogP contribution in [0.3, 0.4) is 0 Å². The summed E-state index contributed by atoms with van der Waals surface area (Å²) >= 11 is 0. The van der Waals surface area contributed by atoms with Crippen LogP contribution >= 0.6 is 0 Å². The molecule has 0 radical (unpaired) electrons. The first-order valence-corrected chi connectivity index (χ1v) is 5.34. The molecule has 1 aromatic heterocycles. The van der Waals surface area contributed by atoms with Crippen molar-refractivity contribution < 1.29 is 24.5 Å². The van der Waals surface area contributed by atoms with Gasteiger partial charge in [0.05, 0.1) is 31.0 Å². The number of hydrogen-bond acceptors (Lipinski definition) is 5. The number of hydrogen-bond donors (Lipinski definition) is 3. The van der Waals surface area contributed by atoms with Gasteiger partial charge in [-0.1, -0.05) is 0 Å². The van der Waals surface area contributed by atoms with Crippen molar-refractivity contribution in [2.45, 2.75) is 6.04 Å². The van der Waals surface area contributed by atoms with Crippen molar-refractivity contribution >= 4 is 11.9 Å². The van der Waals surface area contributed by atoms with Crippen molar-refractivity contribution in [3.63, 3.8) is 0 Å². The lowest BCUT2D eigenvalue weighted by atomic mass is 10.0. The molecule has 1 amide bonds. The molecule has 0 bridgehead atoms. The molecule has 0 spiro atoms. The van der Waals surface area contributed by atoms with Crippen LogP contribution in [0.25, 0.3) is 0 Å². The molecule has 1 aliphatic rings. The van der Waals surface area contributed by atoms with Crippen LogP contribution in [0.4, 0.5) is 0 Å². The van der Waals surface area contributed by atoms with Gasteiger partial charge in [-0.15, -0.1) is 0 Å². The predicted molar refractivity (Wildman–Crippen MR) is 59.1 cm³/mol. The summed E-state index contributed by atoms with van der Waals surface area (Å²) in [5.41, 5.74) is 0.0565. The summed E-state index contributed by atoms with van der Waals surface area (Å²) in [6.07, 6.45) is 2.52. The van der Waals surface area contributed by atoms with Crippen molar-refractivity contribution in [3.05, 3.63) is 24.0 Å². The first-order valence-electron chi connectivity index (χ1n) is 5.34. The van der Waals surface area contributed by atoms with Crippen LogP contribution in [-0.2, 0) is 9.53 Å². The average Bonchev–Trinajstić information content (AvgIpc) is 2.77. The number of carbonyl (C=O) groups excluding carboxylic acids is 1. The van der Waals surface area contributed by atoms with Crippen LogP contribution in [0.15, 0.2) is 18.5 Å². The number of aromatic hydroxyl groups is 1. The first-order chi connectivity index (χ1) is 8.59. The van der Waals surface area contributed by atoms with E-state index in [1.807, 2.05) is 0 Å². The summed E-state index contributed by atoms with van der Waals surface area (Å²) in [5, 5.41) is 20.9. The Morgan fingerprint density at radius 3 is 2.89 bits per heavy atom. The number of aromatic nitrogens is 1. The van der Waals surface area contributed by atoms with E-state index < -0.39 is 23.8 Å². The Kier molecular flexibility index (Phi) is 3.42. The Morgan fingerprint density at radius 1 is 1.44 bits per heavy atom. The lowest BCUT2D eigenvalue weighted by molar-refractivity contribution is -0.142. The highest BCUT2D eigenvalue weighted by Crippen LogP contribution is 2.17. The minimum absolute atomic E-state index is 0.0565. The normalized spacial score (nSPS) is 22.7. The number of carboxylic acid groups (broad SMARTS) is 1. The smallest absolute Gasteiger partial charge is 0.311 e. The fraction of sp³-hybridized carbons (Fsp3) is 0.364. The quantitative estimate of drug-likeness (QED) is 0.676. The highest BCUT2D eigenvalue weighted by molar-refractivity contribution is 5.97. The second-order valence-electron chi connectivity index (χ2n) is 3.95. The summed E-state index contributed by atoms with van der Waals surface area (Å²) in [4.78, 5) is 26.4. The second kappa shape index (κ2) is 5.01. The Morgan fingerprint density at radius 2 is 2.22 bits per heavy atom. The van der Waals surface area contributed by atoms with Crippen molar-refractivity contribution in [1.29, 1.82) is 0 Å². The van der Waals surface area contributed by atoms with Crippen molar-refractivity contribution in [3.8, 4) is 5.75 Å². The fourth-order valence-electron chi connectivity index (χ4n) is 1.76. The second-order valence-corrected chi connectivity index (χ2v) is 3.95. The van der Waals surface area contributed by atoms with E-state index in [1.165, 1.54) is 12.3 Å². The number of ether oxygens (including phenoxy) is 1. The van der Waals surface area contributed by atoms with Gasteiger partial charge in [0, 0.05) is 6.20 Å². The number of nitrogens with one attached hydrogen (secondary N) is 1. The number of amides is 1. The van der Waals surface area contributed by atoms with E-state index in [0.717, 1.165) is 6.20 Å². The maximum absolute atomic E-state index is 11.8. The van der Waals surface area contributed by atoms with Crippen molar-refractivity contribution in [2.75, 3.05) is 13.2 Å². The number of rotatable bonds is 3. The molecule has 2 unspecified atom stereocenters. The van der Waals surface area contributed by atoms with Gasteiger partial charge in [-0.2, -0.15) is 0 Å². The Balaban J connectivity index is 2.08. The fourth-order valence-corrected chi connectivity index (χ4v) is 1.76. The first kappa shape index (κ1) is 12.3. The van der Waals surface area contributed by atoms with Crippen molar-refractivity contribution in [1.82, 2.24) is 10.3 Å². The zero-order valence-corrected chi connectivity index (χ0v) is 9.37. The lowest BCUT2D eigenvalue weighted by Crippen LogP contribution is -2.42. The van der Waals surface area contributed by atoms with Gasteiger partial charge in [-0.05, 0) is 6.07 Å². The lowest BCUT2D eigenvalue weighted by Gasteiger charge is -2.15. The van der Waals surface area contributed by atoms with E-state index in [2.05, 4.69) is 10.3 Å². The average molecular weight is 252 g/mol. The maximum atomic E-state index is 11.8. The molecule has 7 heteroatoms. The van der Waals surface area contributed by atoms with Gasteiger partial charge in [0.1, 0.15) is 11.7 Å². The standard InChI is InChI=1S/C11H12N2O5/c14-9-3-12-2-1-6(9)10(15)13-8-5-18-4-7(8)11(16)17/h1-3,7-8,14H,4-5H2,(H,13,15)(H,16,17). The zero-order chi connectivity index (χ0) is 13.1. The molecule has 2 heterocycles. The number of carboxylic acids is 1. The molecule has 1 fully saturated rings. The van der Waals surface area contributed by atoms with Gasteiger partial charge in [0.25, 0.3) is 5.91 Å². The molecular formula is C11H12N2O5. The van der Waals surface area contributed by atoms with E-state index in [0.29, 0.717) is 0 Å². The van der Waals surface area contributed by atoms with Crippen LogP contribution < -0.4 is 5.32 Å². The molecule has 0 saturated carbocycles. The minimum atomic E-state index is -1.02. The monoisotopic (exact) mass is 252 g/mol. The highest BCUT2D eigenvalue weighted by atomic mass is 16.5. The Labute approximate surface area is 102 Å². The van der Waals surface area contributed by atoms with Crippen LogP contribution in [0, 0.1) is 5.92 Å². The summed E-state index contributed by atoms with van der Waals surface area (Å²) in [7, 11) is 0.